The summed E-state index contributed by atoms with van der Waals surface area (Å²) in [6.07, 6.45) is 3.70. The minimum Gasteiger partial charge on any atom is -0.382 e. The predicted octanol–water partition coefficient (Wildman–Crippen LogP) is 4.29. The molecule has 0 aliphatic carbocycles. The second kappa shape index (κ2) is 5.79. The molecule has 1 nitrogen and oxygen atoms in total. The lowest BCUT2D eigenvalue weighted by Gasteiger charge is -2.19. The van der Waals surface area contributed by atoms with Crippen molar-refractivity contribution in [1.82, 2.24) is 0 Å². The highest BCUT2D eigenvalue weighted by Gasteiger charge is 2.06. The average molecular weight is 205 g/mol. The molecule has 0 saturated heterocycles. The van der Waals surface area contributed by atoms with Gasteiger partial charge in [-0.1, -0.05) is 32.4 Å². The first-order valence-corrected chi connectivity index (χ1v) is 6.01. The summed E-state index contributed by atoms with van der Waals surface area (Å²) in [5.41, 5.74) is 3.97. The lowest BCUT2D eigenvalue weighted by Crippen LogP contribution is -2.18. The second-order valence-electron chi connectivity index (χ2n) is 4.36. The second-order valence-corrected chi connectivity index (χ2v) is 4.36. The van der Waals surface area contributed by atoms with Crippen LogP contribution in [0.4, 0.5) is 5.69 Å². The zero-order valence-electron chi connectivity index (χ0n) is 10.4. The van der Waals surface area contributed by atoms with Gasteiger partial charge in [0.1, 0.15) is 0 Å². The van der Waals surface area contributed by atoms with E-state index in [2.05, 4.69) is 51.2 Å². The molecule has 0 radical (unpaired) electrons. The third kappa shape index (κ3) is 3.58. The van der Waals surface area contributed by atoms with E-state index in [1.807, 2.05) is 0 Å². The fraction of sp³-hybridized carbons (Fsp3) is 0.571. The Morgan fingerprint density at radius 3 is 2.53 bits per heavy atom. The van der Waals surface area contributed by atoms with E-state index >= 15 is 0 Å². The van der Waals surface area contributed by atoms with Gasteiger partial charge in [0, 0.05) is 11.7 Å². The van der Waals surface area contributed by atoms with Crippen LogP contribution >= 0.6 is 0 Å². The van der Waals surface area contributed by atoms with Crippen LogP contribution in [-0.4, -0.2) is 6.04 Å². The van der Waals surface area contributed by atoms with Gasteiger partial charge in [0.15, 0.2) is 0 Å². The number of hydrogen-bond donors (Lipinski definition) is 1. The molecular weight excluding hydrogens is 182 g/mol. The number of aryl methyl sites for hydroxylation is 2. The van der Waals surface area contributed by atoms with Gasteiger partial charge in [0.2, 0.25) is 0 Å². The summed E-state index contributed by atoms with van der Waals surface area (Å²) >= 11 is 0. The van der Waals surface area contributed by atoms with Gasteiger partial charge in [-0.15, -0.1) is 0 Å². The van der Waals surface area contributed by atoms with Crippen LogP contribution in [0, 0.1) is 13.8 Å². The average Bonchev–Trinajstić information content (AvgIpc) is 2.22. The summed E-state index contributed by atoms with van der Waals surface area (Å²) in [7, 11) is 0. The Kier molecular flexibility index (Phi) is 4.67. The zero-order chi connectivity index (χ0) is 11.3. The van der Waals surface area contributed by atoms with Crippen LogP contribution in [0.2, 0.25) is 0 Å². The van der Waals surface area contributed by atoms with Crippen molar-refractivity contribution in [2.75, 3.05) is 5.32 Å². The molecule has 1 aromatic carbocycles. The quantitative estimate of drug-likeness (QED) is 0.756. The van der Waals surface area contributed by atoms with E-state index in [9.17, 15) is 0 Å². The lowest BCUT2D eigenvalue weighted by molar-refractivity contribution is 0.622. The highest BCUT2D eigenvalue weighted by molar-refractivity contribution is 5.53. The minimum atomic E-state index is 0.621. The molecule has 0 aliphatic rings. The first-order valence-electron chi connectivity index (χ1n) is 6.01. The van der Waals surface area contributed by atoms with Gasteiger partial charge in [0.05, 0.1) is 0 Å². The zero-order valence-corrected chi connectivity index (χ0v) is 10.4. The van der Waals surface area contributed by atoms with Crippen molar-refractivity contribution >= 4 is 5.69 Å². The molecule has 1 aromatic rings. The minimum absolute atomic E-state index is 0.621. The first kappa shape index (κ1) is 12.1. The summed E-state index contributed by atoms with van der Waals surface area (Å²) in [4.78, 5) is 0. The van der Waals surface area contributed by atoms with Crippen LogP contribution < -0.4 is 5.32 Å². The molecule has 84 valence electrons. The molecule has 0 aromatic heterocycles. The highest BCUT2D eigenvalue weighted by atomic mass is 14.9. The fourth-order valence-electron chi connectivity index (χ4n) is 1.84. The molecule has 0 heterocycles. The number of hydrogen-bond acceptors (Lipinski definition) is 1. The molecule has 0 saturated carbocycles. The smallest absolute Gasteiger partial charge is 0.0374 e. The van der Waals surface area contributed by atoms with Crippen molar-refractivity contribution < 1.29 is 0 Å². The maximum Gasteiger partial charge on any atom is 0.0374 e. The first-order chi connectivity index (χ1) is 7.17. The maximum atomic E-state index is 3.64. The van der Waals surface area contributed by atoms with Gasteiger partial charge >= 0.3 is 0 Å². The normalized spacial score (nSPS) is 12.5. The number of benzene rings is 1. The SMILES string of the molecule is CCCC(CC)Nc1cc(C)ccc1C. The molecular formula is C14H23N. The highest BCUT2D eigenvalue weighted by Crippen LogP contribution is 2.19. The summed E-state index contributed by atoms with van der Waals surface area (Å²) < 4.78 is 0. The molecule has 0 bridgehead atoms. The summed E-state index contributed by atoms with van der Waals surface area (Å²) in [5.74, 6) is 0. The van der Waals surface area contributed by atoms with Gasteiger partial charge in [-0.05, 0) is 43.9 Å². The molecule has 1 unspecified atom stereocenters. The molecule has 15 heavy (non-hydrogen) atoms. The summed E-state index contributed by atoms with van der Waals surface area (Å²) in [6, 6.07) is 7.22. The molecule has 0 spiro atoms. The van der Waals surface area contributed by atoms with Gasteiger partial charge in [-0.3, -0.25) is 0 Å². The van der Waals surface area contributed by atoms with Crippen LogP contribution in [0.1, 0.15) is 44.2 Å². The van der Waals surface area contributed by atoms with Crippen LogP contribution in [-0.2, 0) is 0 Å². The van der Waals surface area contributed by atoms with Crippen LogP contribution in [0.25, 0.3) is 0 Å². The monoisotopic (exact) mass is 205 g/mol. The number of nitrogens with one attached hydrogen (secondary N) is 1. The number of rotatable bonds is 5. The largest absolute Gasteiger partial charge is 0.382 e. The molecule has 1 N–H and O–H groups in total. The van der Waals surface area contributed by atoms with E-state index in [0.29, 0.717) is 6.04 Å². The Balaban J connectivity index is 2.73. The van der Waals surface area contributed by atoms with Gasteiger partial charge in [0.25, 0.3) is 0 Å². The van der Waals surface area contributed by atoms with Crippen LogP contribution in [0.15, 0.2) is 18.2 Å². The Morgan fingerprint density at radius 2 is 1.93 bits per heavy atom. The van der Waals surface area contributed by atoms with Crippen molar-refractivity contribution in [2.24, 2.45) is 0 Å². The van der Waals surface area contributed by atoms with Crippen molar-refractivity contribution in [3.05, 3.63) is 29.3 Å². The fourth-order valence-corrected chi connectivity index (χ4v) is 1.84. The van der Waals surface area contributed by atoms with Crippen LogP contribution in [0.3, 0.4) is 0 Å². The molecule has 1 heteroatoms. The summed E-state index contributed by atoms with van der Waals surface area (Å²) in [5, 5.41) is 3.64. The predicted molar refractivity (Wildman–Crippen MR) is 68.5 cm³/mol. The van der Waals surface area contributed by atoms with E-state index in [0.717, 1.165) is 0 Å². The van der Waals surface area contributed by atoms with E-state index < -0.39 is 0 Å². The van der Waals surface area contributed by atoms with E-state index in [-0.39, 0.29) is 0 Å². The van der Waals surface area contributed by atoms with E-state index in [1.54, 1.807) is 0 Å². The Hall–Kier alpha value is -0.980. The molecule has 0 fully saturated rings. The van der Waals surface area contributed by atoms with Gasteiger partial charge in [-0.25, -0.2) is 0 Å². The van der Waals surface area contributed by atoms with Gasteiger partial charge in [-0.2, -0.15) is 0 Å². The topological polar surface area (TPSA) is 12.0 Å². The summed E-state index contributed by atoms with van der Waals surface area (Å²) in [6.45, 7) is 8.80. The van der Waals surface area contributed by atoms with Crippen molar-refractivity contribution in [2.45, 2.75) is 53.0 Å². The lowest BCUT2D eigenvalue weighted by atomic mass is 10.1. The maximum absolute atomic E-state index is 3.64. The van der Waals surface area contributed by atoms with E-state index in [4.69, 9.17) is 0 Å². The molecule has 1 atom stereocenters. The van der Waals surface area contributed by atoms with Crippen LogP contribution in [0.5, 0.6) is 0 Å². The van der Waals surface area contributed by atoms with E-state index in [1.165, 1.54) is 36.1 Å². The molecule has 0 amide bonds. The van der Waals surface area contributed by atoms with Crippen molar-refractivity contribution in [3.8, 4) is 0 Å². The Morgan fingerprint density at radius 1 is 1.20 bits per heavy atom. The Labute approximate surface area is 93.9 Å². The van der Waals surface area contributed by atoms with Gasteiger partial charge < -0.3 is 5.32 Å². The molecule has 0 aliphatic heterocycles. The number of anilines is 1. The molecule has 1 rings (SSSR count). The standard InChI is InChI=1S/C14H23N/c1-5-7-13(6-2)15-14-10-11(3)8-9-12(14)4/h8-10,13,15H,5-7H2,1-4H3. The third-order valence-electron chi connectivity index (χ3n) is 2.88. The van der Waals surface area contributed by atoms with Crippen molar-refractivity contribution in [3.63, 3.8) is 0 Å². The third-order valence-corrected chi connectivity index (χ3v) is 2.88. The van der Waals surface area contributed by atoms with Crippen molar-refractivity contribution in [1.29, 1.82) is 0 Å². The Bertz CT molecular complexity index is 304.